The van der Waals surface area contributed by atoms with Gasteiger partial charge in [-0.2, -0.15) is 4.98 Å². The Morgan fingerprint density at radius 3 is 2.56 bits per heavy atom. The number of hydrogen-bond acceptors (Lipinski definition) is 8. The lowest BCUT2D eigenvalue weighted by molar-refractivity contribution is 0.0983. The van der Waals surface area contributed by atoms with Crippen LogP contribution in [-0.4, -0.2) is 44.4 Å². The molecule has 5 rings (SSSR count). The van der Waals surface area contributed by atoms with Gasteiger partial charge in [0.2, 0.25) is 16.0 Å². The SMILES string of the molecule is COc1ccc(C(=O)CCc2ccc(-c3cnc4nc3NCCCNS(=O)(=O)c3cccc(c3)N4)cc2)cc1. The molecule has 2 heterocycles. The molecule has 9 nitrogen and oxygen atoms in total. The van der Waals surface area contributed by atoms with E-state index in [9.17, 15) is 13.2 Å². The summed E-state index contributed by atoms with van der Waals surface area (Å²) in [6.07, 6.45) is 3.36. The highest BCUT2D eigenvalue weighted by molar-refractivity contribution is 7.89. The minimum Gasteiger partial charge on any atom is -0.497 e. The number of aromatic nitrogens is 2. The number of methoxy groups -OCH3 is 1. The van der Waals surface area contributed by atoms with Gasteiger partial charge in [0.05, 0.1) is 12.0 Å². The number of carbonyl (C=O) groups excluding carboxylic acids is 1. The number of carbonyl (C=O) groups is 1. The van der Waals surface area contributed by atoms with Gasteiger partial charge in [-0.1, -0.05) is 30.3 Å². The van der Waals surface area contributed by atoms with E-state index in [1.54, 1.807) is 61.8 Å². The summed E-state index contributed by atoms with van der Waals surface area (Å²) < 4.78 is 33.0. The van der Waals surface area contributed by atoms with Crippen LogP contribution < -0.4 is 20.1 Å². The highest BCUT2D eigenvalue weighted by Crippen LogP contribution is 2.29. The zero-order chi connectivity index (χ0) is 27.2. The lowest BCUT2D eigenvalue weighted by Gasteiger charge is -2.13. The van der Waals surface area contributed by atoms with Crippen LogP contribution in [0.2, 0.25) is 0 Å². The van der Waals surface area contributed by atoms with E-state index >= 15 is 0 Å². The maximum absolute atomic E-state index is 12.6. The Hall–Kier alpha value is -4.28. The second kappa shape index (κ2) is 11.6. The van der Waals surface area contributed by atoms with Crippen molar-refractivity contribution in [2.75, 3.05) is 30.8 Å². The van der Waals surface area contributed by atoms with E-state index in [1.165, 1.54) is 0 Å². The number of anilines is 3. The highest BCUT2D eigenvalue weighted by atomic mass is 32.2. The van der Waals surface area contributed by atoms with Crippen molar-refractivity contribution in [3.05, 3.63) is 90.1 Å². The molecule has 0 fully saturated rings. The van der Waals surface area contributed by atoms with E-state index in [-0.39, 0.29) is 10.7 Å². The summed E-state index contributed by atoms with van der Waals surface area (Å²) in [5, 5.41) is 6.43. The van der Waals surface area contributed by atoms with Gasteiger partial charge in [0.1, 0.15) is 11.6 Å². The zero-order valence-electron chi connectivity index (χ0n) is 21.5. The van der Waals surface area contributed by atoms with Gasteiger partial charge in [-0.3, -0.25) is 4.79 Å². The summed E-state index contributed by atoms with van der Waals surface area (Å²) in [6.45, 7) is 0.819. The van der Waals surface area contributed by atoms with Crippen LogP contribution in [0.5, 0.6) is 5.75 Å². The Morgan fingerprint density at radius 2 is 1.79 bits per heavy atom. The molecule has 0 spiro atoms. The molecule has 4 bridgehead atoms. The van der Waals surface area contributed by atoms with E-state index in [1.807, 2.05) is 24.3 Å². The van der Waals surface area contributed by atoms with Crippen LogP contribution in [0.4, 0.5) is 17.5 Å². The van der Waals surface area contributed by atoms with Crippen molar-refractivity contribution in [3.63, 3.8) is 0 Å². The maximum atomic E-state index is 12.6. The molecular formula is C29H29N5O4S. The fourth-order valence-corrected chi connectivity index (χ4v) is 5.39. The number of ketones is 1. The summed E-state index contributed by atoms with van der Waals surface area (Å²) >= 11 is 0. The Kier molecular flexibility index (Phi) is 7.85. The molecule has 1 aliphatic heterocycles. The number of rotatable bonds is 6. The first-order valence-electron chi connectivity index (χ1n) is 12.7. The van der Waals surface area contributed by atoms with Crippen LogP contribution in [0, 0.1) is 0 Å². The number of ether oxygens (including phenoxy) is 1. The molecule has 3 N–H and O–H groups in total. The first kappa shape index (κ1) is 26.3. The summed E-state index contributed by atoms with van der Waals surface area (Å²) in [7, 11) is -2.01. The summed E-state index contributed by atoms with van der Waals surface area (Å²) in [5.41, 5.74) is 4.06. The van der Waals surface area contributed by atoms with Gasteiger partial charge >= 0.3 is 0 Å². The fraction of sp³-hybridized carbons (Fsp3) is 0.207. The Balaban J connectivity index is 1.32. The van der Waals surface area contributed by atoms with Crippen molar-refractivity contribution >= 4 is 33.3 Å². The topological polar surface area (TPSA) is 122 Å². The van der Waals surface area contributed by atoms with Gasteiger partial charge in [-0.25, -0.2) is 18.1 Å². The van der Waals surface area contributed by atoms with E-state index in [2.05, 4.69) is 25.3 Å². The number of nitrogens with zero attached hydrogens (tertiary/aromatic N) is 2. The van der Waals surface area contributed by atoms with Crippen molar-refractivity contribution in [2.24, 2.45) is 0 Å². The first-order valence-corrected chi connectivity index (χ1v) is 14.1. The van der Waals surface area contributed by atoms with Gasteiger partial charge in [0, 0.05) is 42.5 Å². The van der Waals surface area contributed by atoms with Crippen molar-refractivity contribution < 1.29 is 17.9 Å². The second-order valence-electron chi connectivity index (χ2n) is 9.14. The molecule has 0 radical (unpaired) electrons. The minimum atomic E-state index is -3.60. The van der Waals surface area contributed by atoms with E-state index in [4.69, 9.17) is 4.74 Å². The maximum Gasteiger partial charge on any atom is 0.240 e. The molecule has 39 heavy (non-hydrogen) atoms. The van der Waals surface area contributed by atoms with Gasteiger partial charge in [0.15, 0.2) is 5.78 Å². The average molecular weight is 544 g/mol. The smallest absolute Gasteiger partial charge is 0.240 e. The predicted octanol–water partition coefficient (Wildman–Crippen LogP) is 4.81. The molecule has 4 aromatic rings. The normalized spacial score (nSPS) is 14.5. The second-order valence-corrected chi connectivity index (χ2v) is 10.9. The molecule has 0 saturated heterocycles. The number of Topliss-reactive ketones (excluding diaryl/α,β-unsaturated/α-hetero) is 1. The Morgan fingerprint density at radius 1 is 1.00 bits per heavy atom. The molecule has 0 saturated carbocycles. The molecule has 0 unspecified atom stereocenters. The number of sulfonamides is 1. The Bertz CT molecular complexity index is 1570. The van der Waals surface area contributed by atoms with Crippen LogP contribution in [-0.2, 0) is 16.4 Å². The largest absolute Gasteiger partial charge is 0.497 e. The standard InChI is InChI=1S/C29H29N5O4S/c1-38-24-13-11-22(12-14-24)27(35)15-8-20-6-9-21(10-7-20)26-19-31-29-33-23-4-2-5-25(18-23)39(36,37)32-17-3-16-30-28(26)34-29/h2,4-7,9-14,18-19,32H,3,8,15-17H2,1H3,(H2,30,31,33,34). The third kappa shape index (κ3) is 6.42. The van der Waals surface area contributed by atoms with Crippen LogP contribution in [0.15, 0.2) is 83.9 Å². The molecule has 10 heteroatoms. The average Bonchev–Trinajstić information content (AvgIpc) is 2.96. The van der Waals surface area contributed by atoms with E-state index in [0.717, 1.165) is 22.4 Å². The van der Waals surface area contributed by atoms with Crippen LogP contribution >= 0.6 is 0 Å². The van der Waals surface area contributed by atoms with Crippen LogP contribution in [0.1, 0.15) is 28.8 Å². The third-order valence-electron chi connectivity index (χ3n) is 6.44. The molecule has 0 aliphatic carbocycles. The quantitative estimate of drug-likeness (QED) is 0.296. The third-order valence-corrected chi connectivity index (χ3v) is 7.90. The van der Waals surface area contributed by atoms with Gasteiger partial charge in [-0.15, -0.1) is 0 Å². The number of benzene rings is 3. The summed E-state index contributed by atoms with van der Waals surface area (Å²) in [5.74, 6) is 1.81. The summed E-state index contributed by atoms with van der Waals surface area (Å²) in [6, 6.07) is 21.7. The zero-order valence-corrected chi connectivity index (χ0v) is 22.3. The predicted molar refractivity (Wildman–Crippen MR) is 151 cm³/mol. The van der Waals surface area contributed by atoms with Crippen LogP contribution in [0.25, 0.3) is 11.1 Å². The van der Waals surface area contributed by atoms with Crippen LogP contribution in [0.3, 0.4) is 0 Å². The van der Waals surface area contributed by atoms with E-state index < -0.39 is 10.0 Å². The number of hydrogen-bond donors (Lipinski definition) is 3. The van der Waals surface area contributed by atoms with Gasteiger partial charge in [-0.05, 0) is 66.4 Å². The molecule has 0 amide bonds. The lowest BCUT2D eigenvalue weighted by atomic mass is 10.0. The fourth-order valence-electron chi connectivity index (χ4n) is 4.27. The summed E-state index contributed by atoms with van der Waals surface area (Å²) in [4.78, 5) is 21.9. The van der Waals surface area contributed by atoms with Gasteiger partial charge < -0.3 is 15.4 Å². The number of aryl methyl sites for hydroxylation is 1. The molecule has 1 aliphatic rings. The van der Waals surface area contributed by atoms with E-state index in [0.29, 0.717) is 55.4 Å². The molecular weight excluding hydrogens is 514 g/mol. The van der Waals surface area contributed by atoms with Crippen molar-refractivity contribution in [3.8, 4) is 16.9 Å². The highest BCUT2D eigenvalue weighted by Gasteiger charge is 2.16. The number of fused-ring (bicyclic) bond motifs is 4. The van der Waals surface area contributed by atoms with Gasteiger partial charge in [0.25, 0.3) is 0 Å². The lowest BCUT2D eigenvalue weighted by Crippen LogP contribution is -2.26. The molecule has 3 aromatic carbocycles. The van der Waals surface area contributed by atoms with Crippen molar-refractivity contribution in [2.45, 2.75) is 24.2 Å². The first-order chi connectivity index (χ1) is 18.9. The van der Waals surface area contributed by atoms with Crippen molar-refractivity contribution in [1.82, 2.24) is 14.7 Å². The van der Waals surface area contributed by atoms with Crippen molar-refractivity contribution in [1.29, 1.82) is 0 Å². The Labute approximate surface area is 227 Å². The molecule has 200 valence electrons. The molecule has 1 aromatic heterocycles. The minimum absolute atomic E-state index is 0.0847. The monoisotopic (exact) mass is 543 g/mol. The molecule has 0 atom stereocenters. The number of nitrogens with one attached hydrogen (secondary N) is 3.